The fraction of sp³-hybridized carbons (Fsp3) is 0.125. The van der Waals surface area contributed by atoms with Crippen molar-refractivity contribution in [3.8, 4) is 21.9 Å². The summed E-state index contributed by atoms with van der Waals surface area (Å²) in [6, 6.07) is 19.8. The molecule has 146 valence electrons. The molecule has 0 aliphatic rings. The molecule has 0 aliphatic carbocycles. The molecule has 4 rings (SSSR count). The lowest BCUT2D eigenvalue weighted by atomic mass is 9.99. The highest BCUT2D eigenvalue weighted by molar-refractivity contribution is 7.22. The van der Waals surface area contributed by atoms with Gasteiger partial charge in [-0.25, -0.2) is 4.39 Å². The first-order valence-corrected chi connectivity index (χ1v) is 9.93. The molecular weight excluding hydrogens is 387 g/mol. The third kappa shape index (κ3) is 3.87. The number of ketones is 1. The molecule has 0 saturated carbocycles. The SMILES string of the molecule is COc1cc(OC)c(-c2cc3ccccc3s2)cc1C(=O)Cc1ccc(F)cc1. The van der Waals surface area contributed by atoms with Gasteiger partial charge in [-0.05, 0) is 41.3 Å². The molecule has 0 radical (unpaired) electrons. The van der Waals surface area contributed by atoms with Gasteiger partial charge in [-0.1, -0.05) is 30.3 Å². The molecule has 0 saturated heterocycles. The number of halogens is 1. The van der Waals surface area contributed by atoms with Crippen LogP contribution in [0.4, 0.5) is 4.39 Å². The number of fused-ring (bicyclic) bond motifs is 1. The minimum atomic E-state index is -0.324. The number of benzene rings is 3. The van der Waals surface area contributed by atoms with Gasteiger partial charge in [0.15, 0.2) is 5.78 Å². The molecule has 3 aromatic carbocycles. The van der Waals surface area contributed by atoms with Gasteiger partial charge in [0.05, 0.1) is 19.8 Å². The van der Waals surface area contributed by atoms with Gasteiger partial charge < -0.3 is 9.47 Å². The fourth-order valence-corrected chi connectivity index (χ4v) is 4.39. The molecule has 5 heteroatoms. The first kappa shape index (κ1) is 19.2. The minimum Gasteiger partial charge on any atom is -0.496 e. The lowest BCUT2D eigenvalue weighted by Gasteiger charge is -2.14. The molecular formula is C24H19FO3S. The van der Waals surface area contributed by atoms with Gasteiger partial charge in [-0.2, -0.15) is 0 Å². The first-order chi connectivity index (χ1) is 14.1. The molecule has 1 heterocycles. The molecule has 3 nitrogen and oxygen atoms in total. The summed E-state index contributed by atoms with van der Waals surface area (Å²) >= 11 is 1.65. The molecule has 4 aromatic rings. The predicted molar refractivity (Wildman–Crippen MR) is 115 cm³/mol. The van der Waals surface area contributed by atoms with Crippen LogP contribution >= 0.6 is 11.3 Å². The minimum absolute atomic E-state index is 0.0986. The van der Waals surface area contributed by atoms with E-state index in [-0.39, 0.29) is 18.0 Å². The van der Waals surface area contributed by atoms with Crippen molar-refractivity contribution in [3.63, 3.8) is 0 Å². The third-order valence-corrected chi connectivity index (χ3v) is 5.94. The van der Waals surface area contributed by atoms with Crippen LogP contribution in [0.1, 0.15) is 15.9 Å². The highest BCUT2D eigenvalue weighted by Crippen LogP contribution is 2.41. The highest BCUT2D eigenvalue weighted by atomic mass is 32.1. The zero-order valence-corrected chi connectivity index (χ0v) is 16.9. The van der Waals surface area contributed by atoms with E-state index in [0.29, 0.717) is 17.1 Å². The van der Waals surface area contributed by atoms with Crippen molar-refractivity contribution >= 4 is 27.2 Å². The van der Waals surface area contributed by atoms with Crippen molar-refractivity contribution in [2.24, 2.45) is 0 Å². The Bertz CT molecular complexity index is 1150. The van der Waals surface area contributed by atoms with Gasteiger partial charge in [0.2, 0.25) is 0 Å². The summed E-state index contributed by atoms with van der Waals surface area (Å²) in [6.07, 6.45) is 0.162. The maximum Gasteiger partial charge on any atom is 0.170 e. The van der Waals surface area contributed by atoms with Gasteiger partial charge in [0.25, 0.3) is 0 Å². The Morgan fingerprint density at radius 3 is 2.34 bits per heavy atom. The Morgan fingerprint density at radius 2 is 1.66 bits per heavy atom. The van der Waals surface area contributed by atoms with Crippen LogP contribution in [0.15, 0.2) is 66.7 Å². The second-order valence-corrected chi connectivity index (χ2v) is 7.71. The number of methoxy groups -OCH3 is 2. The molecule has 29 heavy (non-hydrogen) atoms. The van der Waals surface area contributed by atoms with Crippen LogP contribution in [0.25, 0.3) is 20.5 Å². The van der Waals surface area contributed by atoms with E-state index in [1.807, 2.05) is 18.2 Å². The van der Waals surface area contributed by atoms with Gasteiger partial charge >= 0.3 is 0 Å². The molecule has 0 atom stereocenters. The quantitative estimate of drug-likeness (QED) is 0.360. The molecule has 0 aliphatic heterocycles. The Balaban J connectivity index is 1.77. The van der Waals surface area contributed by atoms with Gasteiger partial charge in [-0.15, -0.1) is 11.3 Å². The number of hydrogen-bond acceptors (Lipinski definition) is 4. The Morgan fingerprint density at radius 1 is 0.931 bits per heavy atom. The van der Waals surface area contributed by atoms with E-state index in [2.05, 4.69) is 18.2 Å². The molecule has 0 spiro atoms. The normalized spacial score (nSPS) is 10.9. The summed E-state index contributed by atoms with van der Waals surface area (Å²) < 4.78 is 25.4. The van der Waals surface area contributed by atoms with Crippen molar-refractivity contribution in [2.45, 2.75) is 6.42 Å². The van der Waals surface area contributed by atoms with Crippen LogP contribution in [0.3, 0.4) is 0 Å². The lowest BCUT2D eigenvalue weighted by Crippen LogP contribution is -2.07. The predicted octanol–water partition coefficient (Wildman–Crippen LogP) is 6.15. The maximum atomic E-state index is 13.2. The topological polar surface area (TPSA) is 35.5 Å². The molecule has 0 fully saturated rings. The number of carbonyl (C=O) groups excluding carboxylic acids is 1. The largest absolute Gasteiger partial charge is 0.496 e. The van der Waals surface area contributed by atoms with Crippen LogP contribution in [-0.2, 0) is 6.42 Å². The van der Waals surface area contributed by atoms with E-state index in [1.165, 1.54) is 23.9 Å². The summed E-state index contributed by atoms with van der Waals surface area (Å²) in [4.78, 5) is 14.0. The van der Waals surface area contributed by atoms with Crippen molar-refractivity contribution in [2.75, 3.05) is 14.2 Å². The Hall–Kier alpha value is -3.18. The van der Waals surface area contributed by atoms with E-state index in [4.69, 9.17) is 9.47 Å². The number of thiophene rings is 1. The van der Waals surface area contributed by atoms with E-state index in [1.54, 1.807) is 36.6 Å². The third-order valence-electron chi connectivity index (χ3n) is 4.79. The fourth-order valence-electron chi connectivity index (χ4n) is 3.31. The highest BCUT2D eigenvalue weighted by Gasteiger charge is 2.19. The number of Topliss-reactive ketones (excluding diaryl/α,β-unsaturated/α-hetero) is 1. The summed E-state index contributed by atoms with van der Waals surface area (Å²) in [5.41, 5.74) is 2.07. The molecule has 0 N–H and O–H groups in total. The van der Waals surface area contributed by atoms with Crippen molar-refractivity contribution in [1.82, 2.24) is 0 Å². The van der Waals surface area contributed by atoms with Crippen LogP contribution in [0.2, 0.25) is 0 Å². The van der Waals surface area contributed by atoms with Crippen LogP contribution in [0.5, 0.6) is 11.5 Å². The zero-order chi connectivity index (χ0) is 20.4. The number of carbonyl (C=O) groups is 1. The second kappa shape index (κ2) is 8.05. The van der Waals surface area contributed by atoms with Crippen molar-refractivity contribution in [3.05, 3.63) is 83.7 Å². The number of hydrogen-bond donors (Lipinski definition) is 0. The maximum absolute atomic E-state index is 13.2. The summed E-state index contributed by atoms with van der Waals surface area (Å²) in [7, 11) is 3.13. The van der Waals surface area contributed by atoms with E-state index >= 15 is 0 Å². The molecule has 1 aromatic heterocycles. The van der Waals surface area contributed by atoms with Crippen LogP contribution in [-0.4, -0.2) is 20.0 Å². The number of rotatable bonds is 6. The average molecular weight is 406 g/mol. The standard InChI is InChI=1S/C24H19FO3S/c1-27-21-14-22(28-2)19(24-12-16-5-3-4-6-23(16)29-24)13-18(21)20(26)11-15-7-9-17(25)10-8-15/h3-10,12-14H,11H2,1-2H3. The van der Waals surface area contributed by atoms with Gasteiger partial charge in [0, 0.05) is 27.6 Å². The Labute approximate surface area is 172 Å². The van der Waals surface area contributed by atoms with Crippen molar-refractivity contribution < 1.29 is 18.7 Å². The van der Waals surface area contributed by atoms with Crippen molar-refractivity contribution in [1.29, 1.82) is 0 Å². The van der Waals surface area contributed by atoms with E-state index in [9.17, 15) is 9.18 Å². The summed E-state index contributed by atoms with van der Waals surface area (Å²) in [5, 5.41) is 1.14. The first-order valence-electron chi connectivity index (χ1n) is 9.11. The van der Waals surface area contributed by atoms with E-state index in [0.717, 1.165) is 21.4 Å². The smallest absolute Gasteiger partial charge is 0.170 e. The molecule has 0 amide bonds. The molecule has 0 bridgehead atoms. The van der Waals surface area contributed by atoms with E-state index < -0.39 is 0 Å². The van der Waals surface area contributed by atoms with Gasteiger partial charge in [0.1, 0.15) is 17.3 Å². The molecule has 0 unspecified atom stereocenters. The summed E-state index contributed by atoms with van der Waals surface area (Å²) in [5.74, 6) is 0.680. The van der Waals surface area contributed by atoms with Crippen LogP contribution in [0, 0.1) is 5.82 Å². The summed E-state index contributed by atoms with van der Waals surface area (Å²) in [6.45, 7) is 0. The Kier molecular flexibility index (Phi) is 5.32. The van der Waals surface area contributed by atoms with Crippen LogP contribution < -0.4 is 9.47 Å². The number of ether oxygens (including phenoxy) is 2. The van der Waals surface area contributed by atoms with Gasteiger partial charge in [-0.3, -0.25) is 4.79 Å². The second-order valence-electron chi connectivity index (χ2n) is 6.63. The average Bonchev–Trinajstić information content (AvgIpc) is 3.18. The zero-order valence-electron chi connectivity index (χ0n) is 16.1. The monoisotopic (exact) mass is 406 g/mol. The lowest BCUT2D eigenvalue weighted by molar-refractivity contribution is 0.0990.